The largest absolute Gasteiger partial charge is 0.294 e. The maximum Gasteiger partial charge on any atom is 0.225 e. The van der Waals surface area contributed by atoms with Gasteiger partial charge in [-0.1, -0.05) is 31.5 Å². The Balaban J connectivity index is 2.78. The van der Waals surface area contributed by atoms with Crippen molar-refractivity contribution in [3.63, 3.8) is 0 Å². The number of benzene rings is 1. The van der Waals surface area contributed by atoms with Gasteiger partial charge in [0.1, 0.15) is 0 Å². The molecule has 0 saturated heterocycles. The maximum atomic E-state index is 11.1. The molecule has 0 fully saturated rings. The van der Waals surface area contributed by atoms with Gasteiger partial charge in [0.25, 0.3) is 0 Å². The van der Waals surface area contributed by atoms with E-state index in [0.29, 0.717) is 11.8 Å². The highest BCUT2D eigenvalue weighted by molar-refractivity contribution is 6.33. The van der Waals surface area contributed by atoms with Crippen molar-refractivity contribution >= 4 is 12.1 Å². The summed E-state index contributed by atoms with van der Waals surface area (Å²) in [5, 5.41) is 0. The fraction of sp³-hybridized carbons (Fsp3) is 0.333. The average Bonchev–Trinajstić information content (AvgIpc) is 2.25. The Morgan fingerprint density at radius 1 is 1.43 bits per heavy atom. The van der Waals surface area contributed by atoms with Crippen LogP contribution in [0.25, 0.3) is 0 Å². The first-order chi connectivity index (χ1) is 6.77. The van der Waals surface area contributed by atoms with Gasteiger partial charge in [0.05, 0.1) is 0 Å². The molecule has 0 aliphatic heterocycles. The molecule has 1 rings (SSSR count). The second-order valence-electron chi connectivity index (χ2n) is 3.29. The lowest BCUT2D eigenvalue weighted by Gasteiger charge is -2.01. The standard InChI is InChI=1S/C12H14O2/c1-2-3-5-10-6-4-7-11(8-10)12(14)9-13/h4,6-9H,2-3,5H2,1H3. The second kappa shape index (κ2) is 5.32. The Morgan fingerprint density at radius 2 is 2.21 bits per heavy atom. The summed E-state index contributed by atoms with van der Waals surface area (Å²) in [7, 11) is 0. The molecule has 14 heavy (non-hydrogen) atoms. The zero-order valence-corrected chi connectivity index (χ0v) is 8.32. The van der Waals surface area contributed by atoms with Gasteiger partial charge in [-0.25, -0.2) is 0 Å². The molecule has 0 heterocycles. The normalized spacial score (nSPS) is 9.79. The molecule has 0 atom stereocenters. The fourth-order valence-corrected chi connectivity index (χ4v) is 1.33. The van der Waals surface area contributed by atoms with Crippen molar-refractivity contribution in [3.8, 4) is 0 Å². The molecule has 0 bridgehead atoms. The molecule has 1 aromatic carbocycles. The molecule has 0 aliphatic rings. The molecule has 0 saturated carbocycles. The molecule has 0 aromatic heterocycles. The number of Topliss-reactive ketones (excluding diaryl/α,β-unsaturated/α-hetero) is 1. The van der Waals surface area contributed by atoms with Crippen molar-refractivity contribution < 1.29 is 9.59 Å². The van der Waals surface area contributed by atoms with Crippen LogP contribution in [-0.2, 0) is 11.2 Å². The predicted octanol–water partition coefficient (Wildman–Crippen LogP) is 2.41. The molecule has 74 valence electrons. The highest BCUT2D eigenvalue weighted by Crippen LogP contribution is 2.08. The smallest absolute Gasteiger partial charge is 0.225 e. The summed E-state index contributed by atoms with van der Waals surface area (Å²) < 4.78 is 0. The first kappa shape index (κ1) is 10.6. The van der Waals surface area contributed by atoms with Crippen LogP contribution < -0.4 is 0 Å². The van der Waals surface area contributed by atoms with Crippen LogP contribution in [0.2, 0.25) is 0 Å². The van der Waals surface area contributed by atoms with Gasteiger partial charge in [-0.3, -0.25) is 9.59 Å². The lowest BCUT2D eigenvalue weighted by atomic mass is 10.0. The van der Waals surface area contributed by atoms with E-state index in [9.17, 15) is 9.59 Å². The SMILES string of the molecule is CCCCc1cccc(C(=O)C=O)c1. The third-order valence-electron chi connectivity index (χ3n) is 2.14. The van der Waals surface area contributed by atoms with Gasteiger partial charge in [0, 0.05) is 5.56 Å². The van der Waals surface area contributed by atoms with Crippen molar-refractivity contribution in [1.29, 1.82) is 0 Å². The van der Waals surface area contributed by atoms with Crippen LogP contribution in [0.15, 0.2) is 24.3 Å². The summed E-state index contributed by atoms with van der Waals surface area (Å²) in [4.78, 5) is 21.4. The van der Waals surface area contributed by atoms with E-state index in [2.05, 4.69) is 6.92 Å². The van der Waals surface area contributed by atoms with Crippen molar-refractivity contribution in [2.75, 3.05) is 0 Å². The van der Waals surface area contributed by atoms with Gasteiger partial charge in [0.2, 0.25) is 5.78 Å². The molecule has 1 aromatic rings. The highest BCUT2D eigenvalue weighted by Gasteiger charge is 2.03. The number of hydrogen-bond acceptors (Lipinski definition) is 2. The lowest BCUT2D eigenvalue weighted by Crippen LogP contribution is -2.00. The Labute approximate surface area is 83.9 Å². The molecule has 0 aliphatic carbocycles. The molecule has 0 spiro atoms. The minimum absolute atomic E-state index is 0.360. The van der Waals surface area contributed by atoms with Gasteiger partial charge in [0.15, 0.2) is 6.29 Å². The van der Waals surface area contributed by atoms with Gasteiger partial charge >= 0.3 is 0 Å². The quantitative estimate of drug-likeness (QED) is 0.406. The number of ketones is 1. The molecule has 0 radical (unpaired) electrons. The Kier molecular flexibility index (Phi) is 4.05. The van der Waals surface area contributed by atoms with Gasteiger partial charge in [-0.15, -0.1) is 0 Å². The molecular weight excluding hydrogens is 176 g/mol. The van der Waals surface area contributed by atoms with Crippen LogP contribution in [0.1, 0.15) is 35.7 Å². The number of carbonyl (C=O) groups is 2. The molecule has 0 N–H and O–H groups in total. The van der Waals surface area contributed by atoms with E-state index >= 15 is 0 Å². The van der Waals surface area contributed by atoms with Crippen LogP contribution >= 0.6 is 0 Å². The Hall–Kier alpha value is -1.44. The Bertz CT molecular complexity index is 329. The highest BCUT2D eigenvalue weighted by atomic mass is 16.2. The zero-order valence-electron chi connectivity index (χ0n) is 8.32. The number of hydrogen-bond donors (Lipinski definition) is 0. The van der Waals surface area contributed by atoms with E-state index < -0.39 is 5.78 Å². The third kappa shape index (κ3) is 2.80. The lowest BCUT2D eigenvalue weighted by molar-refractivity contribution is -0.104. The third-order valence-corrected chi connectivity index (χ3v) is 2.14. The monoisotopic (exact) mass is 190 g/mol. The van der Waals surface area contributed by atoms with Crippen molar-refractivity contribution in [3.05, 3.63) is 35.4 Å². The van der Waals surface area contributed by atoms with E-state index in [1.807, 2.05) is 12.1 Å². The van der Waals surface area contributed by atoms with Crippen LogP contribution in [0, 0.1) is 0 Å². The predicted molar refractivity (Wildman–Crippen MR) is 55.4 cm³/mol. The first-order valence-electron chi connectivity index (χ1n) is 4.86. The van der Waals surface area contributed by atoms with E-state index in [4.69, 9.17) is 0 Å². The van der Waals surface area contributed by atoms with Crippen LogP contribution in [0.3, 0.4) is 0 Å². The molecule has 0 unspecified atom stereocenters. The van der Waals surface area contributed by atoms with Crippen molar-refractivity contribution in [2.24, 2.45) is 0 Å². The molecule has 2 heteroatoms. The van der Waals surface area contributed by atoms with Crippen LogP contribution in [-0.4, -0.2) is 12.1 Å². The van der Waals surface area contributed by atoms with Crippen molar-refractivity contribution in [2.45, 2.75) is 26.2 Å². The summed E-state index contributed by atoms with van der Waals surface area (Å²) in [6.45, 7) is 2.13. The first-order valence-corrected chi connectivity index (χ1v) is 4.86. The van der Waals surface area contributed by atoms with E-state index in [1.54, 1.807) is 12.1 Å². The number of aryl methyl sites for hydroxylation is 1. The summed E-state index contributed by atoms with van der Waals surface area (Å²) in [6.07, 6.45) is 3.57. The fourth-order valence-electron chi connectivity index (χ4n) is 1.33. The maximum absolute atomic E-state index is 11.1. The Morgan fingerprint density at radius 3 is 2.86 bits per heavy atom. The molecular formula is C12H14O2. The summed E-state index contributed by atoms with van der Waals surface area (Å²) >= 11 is 0. The number of carbonyl (C=O) groups excluding carboxylic acids is 2. The van der Waals surface area contributed by atoms with E-state index in [-0.39, 0.29) is 0 Å². The molecule has 0 amide bonds. The zero-order chi connectivity index (χ0) is 10.4. The van der Waals surface area contributed by atoms with Crippen molar-refractivity contribution in [1.82, 2.24) is 0 Å². The summed E-state index contributed by atoms with van der Waals surface area (Å²) in [5.41, 5.74) is 1.62. The summed E-state index contributed by atoms with van der Waals surface area (Å²) in [6, 6.07) is 7.28. The second-order valence-corrected chi connectivity index (χ2v) is 3.29. The number of aldehydes is 1. The number of rotatable bonds is 5. The van der Waals surface area contributed by atoms with Crippen LogP contribution in [0.5, 0.6) is 0 Å². The van der Waals surface area contributed by atoms with Gasteiger partial charge in [-0.2, -0.15) is 0 Å². The van der Waals surface area contributed by atoms with Gasteiger partial charge in [-0.05, 0) is 24.5 Å². The minimum atomic E-state index is -0.441. The van der Waals surface area contributed by atoms with E-state index in [1.165, 1.54) is 0 Å². The van der Waals surface area contributed by atoms with E-state index in [0.717, 1.165) is 24.8 Å². The van der Waals surface area contributed by atoms with Crippen LogP contribution in [0.4, 0.5) is 0 Å². The number of unbranched alkanes of at least 4 members (excludes halogenated alkanes) is 1. The van der Waals surface area contributed by atoms with Gasteiger partial charge < -0.3 is 0 Å². The topological polar surface area (TPSA) is 34.1 Å². The minimum Gasteiger partial charge on any atom is -0.294 e. The average molecular weight is 190 g/mol. The summed E-state index contributed by atoms with van der Waals surface area (Å²) in [5.74, 6) is -0.441. The molecule has 2 nitrogen and oxygen atoms in total.